The number of nitrogens with one attached hydrogen (secondary N) is 1. The van der Waals surface area contributed by atoms with Crippen LogP contribution in [0.3, 0.4) is 0 Å². The first-order valence-corrected chi connectivity index (χ1v) is 10.9. The Kier molecular flexibility index (Phi) is 6.02. The van der Waals surface area contributed by atoms with Crippen molar-refractivity contribution >= 4 is 22.9 Å². The van der Waals surface area contributed by atoms with Crippen molar-refractivity contribution in [2.75, 3.05) is 19.6 Å². The maximum absolute atomic E-state index is 13.5. The highest BCUT2D eigenvalue weighted by Gasteiger charge is 2.29. The van der Waals surface area contributed by atoms with Gasteiger partial charge < -0.3 is 14.7 Å². The lowest BCUT2D eigenvalue weighted by Crippen LogP contribution is -2.43. The van der Waals surface area contributed by atoms with E-state index in [4.69, 9.17) is 4.52 Å². The summed E-state index contributed by atoms with van der Waals surface area (Å²) < 4.78 is 5.41. The second kappa shape index (κ2) is 8.88. The number of benzene rings is 1. The number of likely N-dealkylation sites (tertiary alicyclic amines) is 1. The SMILES string of the molecule is CCCNC(=O)C1CCN(C(=O)c2cc(-c3ccc(C)cc3)nc3onc(C)c23)CC1. The number of carbonyl (C=O) groups excluding carboxylic acids is 2. The summed E-state index contributed by atoms with van der Waals surface area (Å²) in [7, 11) is 0. The number of fused-ring (bicyclic) bond motifs is 1. The number of hydrogen-bond acceptors (Lipinski definition) is 5. The topological polar surface area (TPSA) is 88.3 Å². The lowest BCUT2D eigenvalue weighted by molar-refractivity contribution is -0.126. The average Bonchev–Trinajstić information content (AvgIpc) is 3.17. The number of amides is 2. The van der Waals surface area contributed by atoms with Crippen molar-refractivity contribution < 1.29 is 14.1 Å². The van der Waals surface area contributed by atoms with Gasteiger partial charge in [-0.2, -0.15) is 0 Å². The molecule has 0 unspecified atom stereocenters. The van der Waals surface area contributed by atoms with Crippen LogP contribution in [-0.2, 0) is 4.79 Å². The fourth-order valence-corrected chi connectivity index (χ4v) is 4.04. The second-order valence-corrected chi connectivity index (χ2v) is 8.23. The van der Waals surface area contributed by atoms with E-state index in [0.717, 1.165) is 17.5 Å². The largest absolute Gasteiger partial charge is 0.356 e. The van der Waals surface area contributed by atoms with Crippen LogP contribution >= 0.6 is 0 Å². The van der Waals surface area contributed by atoms with Crippen molar-refractivity contribution in [2.45, 2.75) is 40.0 Å². The third kappa shape index (κ3) is 4.31. The smallest absolute Gasteiger partial charge is 0.259 e. The molecule has 1 aliphatic rings. The van der Waals surface area contributed by atoms with Crippen LogP contribution < -0.4 is 5.32 Å². The van der Waals surface area contributed by atoms with Gasteiger partial charge in [0.05, 0.1) is 22.3 Å². The van der Waals surface area contributed by atoms with E-state index in [1.165, 1.54) is 0 Å². The lowest BCUT2D eigenvalue weighted by atomic mass is 9.95. The van der Waals surface area contributed by atoms with E-state index in [1.807, 2.05) is 56.0 Å². The zero-order valence-electron chi connectivity index (χ0n) is 18.3. The Labute approximate surface area is 181 Å². The monoisotopic (exact) mass is 420 g/mol. The Morgan fingerprint density at radius 1 is 1.16 bits per heavy atom. The minimum Gasteiger partial charge on any atom is -0.356 e. The Balaban J connectivity index is 1.60. The summed E-state index contributed by atoms with van der Waals surface area (Å²) in [6.45, 7) is 7.69. The van der Waals surface area contributed by atoms with E-state index < -0.39 is 0 Å². The molecule has 0 atom stereocenters. The van der Waals surface area contributed by atoms with Gasteiger partial charge in [0.1, 0.15) is 0 Å². The van der Waals surface area contributed by atoms with Crippen LogP contribution in [0.25, 0.3) is 22.4 Å². The summed E-state index contributed by atoms with van der Waals surface area (Å²) >= 11 is 0. The molecule has 1 aromatic carbocycles. The molecular formula is C24H28N4O3. The number of nitrogens with zero attached hydrogens (tertiary/aromatic N) is 3. The van der Waals surface area contributed by atoms with Gasteiger partial charge in [-0.3, -0.25) is 9.59 Å². The maximum Gasteiger partial charge on any atom is 0.259 e. The third-order valence-electron chi connectivity index (χ3n) is 5.90. The number of hydrogen-bond donors (Lipinski definition) is 1. The van der Waals surface area contributed by atoms with E-state index in [2.05, 4.69) is 15.5 Å². The van der Waals surface area contributed by atoms with Crippen LogP contribution in [0.15, 0.2) is 34.9 Å². The molecule has 2 aromatic heterocycles. The summed E-state index contributed by atoms with van der Waals surface area (Å²) in [5.41, 5.74) is 4.32. The number of piperidine rings is 1. The molecule has 7 nitrogen and oxygen atoms in total. The average molecular weight is 421 g/mol. The standard InChI is InChI=1S/C24H28N4O3/c1-4-11-25-22(29)18-9-12-28(13-10-18)24(30)19-14-20(17-7-5-15(2)6-8-17)26-23-21(19)16(3)27-31-23/h5-8,14,18H,4,9-13H2,1-3H3,(H,25,29). The van der Waals surface area contributed by atoms with Gasteiger partial charge in [-0.1, -0.05) is 41.9 Å². The van der Waals surface area contributed by atoms with Crippen LogP contribution in [0.1, 0.15) is 47.8 Å². The Bertz CT molecular complexity index is 1100. The number of carbonyl (C=O) groups is 2. The van der Waals surface area contributed by atoms with Gasteiger partial charge in [-0.15, -0.1) is 0 Å². The fourth-order valence-electron chi connectivity index (χ4n) is 4.04. The van der Waals surface area contributed by atoms with Crippen LogP contribution in [0.2, 0.25) is 0 Å². The normalized spacial score (nSPS) is 14.7. The maximum atomic E-state index is 13.5. The molecule has 7 heteroatoms. The Hall–Kier alpha value is -3.22. The van der Waals surface area contributed by atoms with Gasteiger partial charge >= 0.3 is 0 Å². The molecule has 1 saturated heterocycles. The molecule has 0 radical (unpaired) electrons. The summed E-state index contributed by atoms with van der Waals surface area (Å²) in [5, 5.41) is 7.66. The van der Waals surface area contributed by atoms with Gasteiger partial charge in [0.15, 0.2) is 0 Å². The van der Waals surface area contributed by atoms with Gasteiger partial charge in [0.2, 0.25) is 5.91 Å². The molecule has 0 aliphatic carbocycles. The third-order valence-corrected chi connectivity index (χ3v) is 5.90. The Morgan fingerprint density at radius 2 is 1.87 bits per heavy atom. The highest BCUT2D eigenvalue weighted by atomic mass is 16.5. The molecule has 3 aromatic rings. The van der Waals surface area contributed by atoms with Crippen LogP contribution in [0.5, 0.6) is 0 Å². The molecule has 3 heterocycles. The van der Waals surface area contributed by atoms with Crippen LogP contribution in [0, 0.1) is 19.8 Å². The molecule has 162 valence electrons. The molecule has 0 bridgehead atoms. The predicted molar refractivity (Wildman–Crippen MR) is 119 cm³/mol. The number of aromatic nitrogens is 2. The first kappa shape index (κ1) is 21.0. The second-order valence-electron chi connectivity index (χ2n) is 8.23. The summed E-state index contributed by atoms with van der Waals surface area (Å²) in [4.78, 5) is 32.2. The predicted octanol–water partition coefficient (Wildman–Crippen LogP) is 3.89. The summed E-state index contributed by atoms with van der Waals surface area (Å²) in [6.07, 6.45) is 2.26. The number of rotatable bonds is 5. The molecular weight excluding hydrogens is 392 g/mol. The molecule has 1 fully saturated rings. The van der Waals surface area contributed by atoms with E-state index in [0.29, 0.717) is 60.5 Å². The first-order chi connectivity index (χ1) is 15.0. The zero-order chi connectivity index (χ0) is 22.0. The highest BCUT2D eigenvalue weighted by Crippen LogP contribution is 2.29. The summed E-state index contributed by atoms with van der Waals surface area (Å²) in [5.74, 6) is -0.00947. The Morgan fingerprint density at radius 3 is 2.55 bits per heavy atom. The summed E-state index contributed by atoms with van der Waals surface area (Å²) in [6, 6.07) is 9.84. The van der Waals surface area contributed by atoms with E-state index in [-0.39, 0.29) is 17.7 Å². The highest BCUT2D eigenvalue weighted by molar-refractivity contribution is 6.07. The van der Waals surface area contributed by atoms with Crippen molar-refractivity contribution in [1.29, 1.82) is 0 Å². The van der Waals surface area contributed by atoms with Crippen molar-refractivity contribution in [3.63, 3.8) is 0 Å². The molecule has 1 aliphatic heterocycles. The lowest BCUT2D eigenvalue weighted by Gasteiger charge is -2.31. The minimum atomic E-state index is -0.0699. The van der Waals surface area contributed by atoms with Gasteiger partial charge in [-0.25, -0.2) is 4.98 Å². The van der Waals surface area contributed by atoms with Crippen LogP contribution in [-0.4, -0.2) is 46.5 Å². The molecule has 1 N–H and O–H groups in total. The van der Waals surface area contributed by atoms with E-state index in [9.17, 15) is 9.59 Å². The van der Waals surface area contributed by atoms with Crippen LogP contribution in [0.4, 0.5) is 0 Å². The van der Waals surface area contributed by atoms with Gasteiger partial charge in [0.25, 0.3) is 11.6 Å². The van der Waals surface area contributed by atoms with Gasteiger partial charge in [-0.05, 0) is 39.2 Å². The number of aryl methyl sites for hydroxylation is 2. The van der Waals surface area contributed by atoms with Crippen molar-refractivity contribution in [1.82, 2.24) is 20.4 Å². The molecule has 0 saturated carbocycles. The first-order valence-electron chi connectivity index (χ1n) is 10.9. The van der Waals surface area contributed by atoms with Gasteiger partial charge in [0, 0.05) is 31.1 Å². The quantitative estimate of drug-likeness (QED) is 0.677. The van der Waals surface area contributed by atoms with Crippen molar-refractivity contribution in [2.24, 2.45) is 5.92 Å². The molecule has 31 heavy (non-hydrogen) atoms. The zero-order valence-corrected chi connectivity index (χ0v) is 18.3. The van der Waals surface area contributed by atoms with E-state index >= 15 is 0 Å². The van der Waals surface area contributed by atoms with E-state index in [1.54, 1.807) is 0 Å². The van der Waals surface area contributed by atoms with Crippen molar-refractivity contribution in [3.05, 3.63) is 47.2 Å². The van der Waals surface area contributed by atoms with Crippen molar-refractivity contribution in [3.8, 4) is 11.3 Å². The molecule has 0 spiro atoms. The fraction of sp³-hybridized carbons (Fsp3) is 0.417. The number of pyridine rings is 1. The minimum absolute atomic E-state index is 0.0338. The molecule has 2 amide bonds. The molecule has 4 rings (SSSR count).